The lowest BCUT2D eigenvalue weighted by atomic mass is 10.3. The fraction of sp³-hybridized carbons (Fsp3) is 0.375. The molecule has 0 aromatic carbocycles. The van der Waals surface area contributed by atoms with E-state index in [4.69, 9.17) is 11.6 Å². The summed E-state index contributed by atoms with van der Waals surface area (Å²) in [5.74, 6) is 0.117. The molecule has 0 saturated heterocycles. The van der Waals surface area contributed by atoms with E-state index in [0.29, 0.717) is 0 Å². The van der Waals surface area contributed by atoms with Gasteiger partial charge >= 0.3 is 12.4 Å². The Morgan fingerprint density at radius 2 is 1.87 bits per heavy atom. The molecule has 0 bridgehead atoms. The van der Waals surface area contributed by atoms with Gasteiger partial charge in [-0.3, -0.25) is 4.68 Å². The molecule has 162 valence electrons. The highest BCUT2D eigenvalue weighted by molar-refractivity contribution is 6.28. The van der Waals surface area contributed by atoms with Crippen molar-refractivity contribution >= 4 is 34.3 Å². The molecule has 0 unspecified atom stereocenters. The zero-order valence-electron chi connectivity index (χ0n) is 15.1. The molecule has 0 spiro atoms. The Morgan fingerprint density at radius 1 is 1.13 bits per heavy atom. The lowest BCUT2D eigenvalue weighted by Gasteiger charge is -2.10. The summed E-state index contributed by atoms with van der Waals surface area (Å²) in [6, 6.07) is 3.27. The molecule has 3 aromatic rings. The summed E-state index contributed by atoms with van der Waals surface area (Å²) in [5.41, 5.74) is -1.31. The first-order chi connectivity index (χ1) is 13.9. The van der Waals surface area contributed by atoms with Crippen LogP contribution in [0, 0.1) is 6.92 Å². The van der Waals surface area contributed by atoms with Gasteiger partial charge in [-0.05, 0) is 30.2 Å². The Morgan fingerprint density at radius 3 is 2.47 bits per heavy atom. The second kappa shape index (κ2) is 8.22. The molecule has 14 heteroatoms. The fourth-order valence-corrected chi connectivity index (χ4v) is 2.67. The van der Waals surface area contributed by atoms with E-state index in [2.05, 4.69) is 30.1 Å². The van der Waals surface area contributed by atoms with E-state index in [1.807, 2.05) is 0 Å². The maximum Gasteiger partial charge on any atom is 0.437 e. The summed E-state index contributed by atoms with van der Waals surface area (Å²) in [4.78, 5) is 11.6. The first-order valence-electron chi connectivity index (χ1n) is 8.29. The van der Waals surface area contributed by atoms with Crippen molar-refractivity contribution in [3.63, 3.8) is 0 Å². The molecule has 0 saturated carbocycles. The molecular formula is C16H13ClF6N6O. The smallest absolute Gasteiger partial charge is 0.370 e. The van der Waals surface area contributed by atoms with Crippen molar-refractivity contribution in [3.05, 3.63) is 34.9 Å². The summed E-state index contributed by atoms with van der Waals surface area (Å²) >= 11 is 5.79. The Labute approximate surface area is 170 Å². The van der Waals surface area contributed by atoms with Crippen LogP contribution >= 0.6 is 11.6 Å². The van der Waals surface area contributed by atoms with Crippen molar-refractivity contribution in [2.24, 2.45) is 0 Å². The summed E-state index contributed by atoms with van der Waals surface area (Å²) < 4.78 is 82.2. The van der Waals surface area contributed by atoms with Gasteiger partial charge in [-0.15, -0.1) is 0 Å². The third kappa shape index (κ3) is 5.27. The molecule has 7 nitrogen and oxygen atoms in total. The van der Waals surface area contributed by atoms with Crippen LogP contribution in [0.15, 0.2) is 18.3 Å². The second-order valence-corrected chi connectivity index (χ2v) is 6.46. The highest BCUT2D eigenvalue weighted by Crippen LogP contribution is 2.36. The van der Waals surface area contributed by atoms with Gasteiger partial charge in [0.2, 0.25) is 5.28 Å². The van der Waals surface area contributed by atoms with Crippen LogP contribution in [0.5, 0.6) is 0 Å². The van der Waals surface area contributed by atoms with Crippen LogP contribution in [-0.2, 0) is 17.5 Å². The van der Waals surface area contributed by atoms with Gasteiger partial charge in [0, 0.05) is 6.20 Å². The van der Waals surface area contributed by atoms with E-state index in [-0.39, 0.29) is 17.2 Å². The minimum Gasteiger partial charge on any atom is -0.370 e. The van der Waals surface area contributed by atoms with E-state index >= 15 is 0 Å². The molecule has 0 amide bonds. The second-order valence-electron chi connectivity index (χ2n) is 6.12. The van der Waals surface area contributed by atoms with E-state index in [1.54, 1.807) is 19.1 Å². The summed E-state index contributed by atoms with van der Waals surface area (Å²) in [6.07, 6.45) is -7.93. The molecule has 0 radical (unpaired) electrons. The SMILES string of the molecule is Cc1ccc(Nc2nc(Cl)nc3c(C(F)(F)F)nn(CCOCC(F)(F)F)c23)nc1. The van der Waals surface area contributed by atoms with Crippen LogP contribution in [0.2, 0.25) is 5.28 Å². The maximum absolute atomic E-state index is 13.4. The summed E-state index contributed by atoms with van der Waals surface area (Å²) in [6.45, 7) is -0.705. The number of anilines is 2. The van der Waals surface area contributed by atoms with Gasteiger partial charge in [0.1, 0.15) is 23.5 Å². The van der Waals surface area contributed by atoms with Gasteiger partial charge in [-0.1, -0.05) is 6.07 Å². The van der Waals surface area contributed by atoms with Crippen molar-refractivity contribution in [1.29, 1.82) is 0 Å². The zero-order valence-corrected chi connectivity index (χ0v) is 15.9. The molecule has 0 aliphatic carbocycles. The standard InChI is InChI=1S/C16H13ClF6N6O/c1-8-2-3-9(24-6-8)25-13-11-10(26-14(17)27-13)12(16(21,22)23)28-29(11)4-5-30-7-15(18,19)20/h2-3,6H,4-5,7H2,1H3,(H,24,25,26,27). The Balaban J connectivity index is 2.02. The van der Waals surface area contributed by atoms with Crippen LogP contribution in [-0.4, -0.2) is 44.1 Å². The molecule has 0 fully saturated rings. The van der Waals surface area contributed by atoms with Crippen molar-refractivity contribution in [2.45, 2.75) is 25.8 Å². The van der Waals surface area contributed by atoms with E-state index in [9.17, 15) is 26.3 Å². The molecule has 30 heavy (non-hydrogen) atoms. The first kappa shape index (κ1) is 22.0. The van der Waals surface area contributed by atoms with E-state index < -0.39 is 48.6 Å². The number of ether oxygens (including phenoxy) is 1. The summed E-state index contributed by atoms with van der Waals surface area (Å²) in [7, 11) is 0. The molecule has 3 aromatic heterocycles. The first-order valence-corrected chi connectivity index (χ1v) is 8.67. The minimum atomic E-state index is -4.88. The number of alkyl halides is 6. The van der Waals surface area contributed by atoms with Crippen LogP contribution in [0.3, 0.4) is 0 Å². The Kier molecular flexibility index (Phi) is 6.04. The maximum atomic E-state index is 13.4. The predicted octanol–water partition coefficient (Wildman–Crippen LogP) is 4.52. The van der Waals surface area contributed by atoms with Crippen LogP contribution in [0.1, 0.15) is 11.3 Å². The van der Waals surface area contributed by atoms with Crippen LogP contribution < -0.4 is 5.32 Å². The van der Waals surface area contributed by atoms with Crippen molar-refractivity contribution in [1.82, 2.24) is 24.7 Å². The van der Waals surface area contributed by atoms with E-state index in [1.165, 1.54) is 6.20 Å². The van der Waals surface area contributed by atoms with Crippen molar-refractivity contribution in [3.8, 4) is 0 Å². The average Bonchev–Trinajstić information content (AvgIpc) is 2.99. The number of aryl methyl sites for hydroxylation is 1. The third-order valence-corrected chi connectivity index (χ3v) is 3.87. The van der Waals surface area contributed by atoms with Gasteiger partial charge in [-0.25, -0.2) is 9.97 Å². The quantitative estimate of drug-likeness (QED) is 0.335. The molecule has 1 N–H and O–H groups in total. The highest BCUT2D eigenvalue weighted by atomic mass is 35.5. The number of hydrogen-bond donors (Lipinski definition) is 1. The van der Waals surface area contributed by atoms with Gasteiger partial charge < -0.3 is 10.1 Å². The number of fused-ring (bicyclic) bond motifs is 1. The minimum absolute atomic E-state index is 0.139. The van der Waals surface area contributed by atoms with E-state index in [0.717, 1.165) is 10.2 Å². The number of nitrogens with zero attached hydrogens (tertiary/aromatic N) is 5. The monoisotopic (exact) mass is 454 g/mol. The number of nitrogens with one attached hydrogen (secondary N) is 1. The number of rotatable bonds is 6. The third-order valence-electron chi connectivity index (χ3n) is 3.70. The Bertz CT molecular complexity index is 1030. The van der Waals surface area contributed by atoms with Crippen molar-refractivity contribution in [2.75, 3.05) is 18.5 Å². The lowest BCUT2D eigenvalue weighted by Crippen LogP contribution is -2.19. The summed E-state index contributed by atoms with van der Waals surface area (Å²) in [5, 5.41) is 5.72. The molecule has 3 heterocycles. The van der Waals surface area contributed by atoms with Gasteiger partial charge in [0.15, 0.2) is 11.5 Å². The fourth-order valence-electron chi connectivity index (χ4n) is 2.50. The molecule has 0 aliphatic heterocycles. The predicted molar refractivity (Wildman–Crippen MR) is 94.5 cm³/mol. The topological polar surface area (TPSA) is 77.8 Å². The highest BCUT2D eigenvalue weighted by Gasteiger charge is 2.39. The number of halogens is 7. The molecule has 0 aliphatic rings. The largest absolute Gasteiger partial charge is 0.437 e. The number of hydrogen-bond acceptors (Lipinski definition) is 6. The average molecular weight is 455 g/mol. The van der Waals surface area contributed by atoms with Crippen LogP contribution in [0.4, 0.5) is 38.0 Å². The van der Waals surface area contributed by atoms with Crippen molar-refractivity contribution < 1.29 is 31.1 Å². The molecular weight excluding hydrogens is 442 g/mol. The van der Waals surface area contributed by atoms with Crippen LogP contribution in [0.25, 0.3) is 11.0 Å². The molecule has 3 rings (SSSR count). The zero-order chi connectivity index (χ0) is 22.1. The Hall–Kier alpha value is -2.67. The lowest BCUT2D eigenvalue weighted by molar-refractivity contribution is -0.174. The number of pyridine rings is 1. The van der Waals surface area contributed by atoms with Gasteiger partial charge in [0.05, 0.1) is 13.2 Å². The molecule has 0 atom stereocenters. The number of aromatic nitrogens is 5. The van der Waals surface area contributed by atoms with Gasteiger partial charge in [0.25, 0.3) is 0 Å². The van der Waals surface area contributed by atoms with Gasteiger partial charge in [-0.2, -0.15) is 36.4 Å². The normalized spacial score (nSPS) is 12.5.